The number of aromatic hydroxyl groups is 1. The zero-order valence-electron chi connectivity index (χ0n) is 17.5. The van der Waals surface area contributed by atoms with Gasteiger partial charge in [-0.1, -0.05) is 18.2 Å². The van der Waals surface area contributed by atoms with Crippen LogP contribution >= 0.6 is 0 Å². The zero-order valence-corrected chi connectivity index (χ0v) is 17.5. The number of pyridine rings is 1. The number of phenols is 1. The average Bonchev–Trinajstić information content (AvgIpc) is 3.29. The highest BCUT2D eigenvalue weighted by Gasteiger charge is 2.28. The highest BCUT2D eigenvalue weighted by molar-refractivity contribution is 5.80. The number of benzene rings is 2. The van der Waals surface area contributed by atoms with Crippen molar-refractivity contribution in [2.24, 2.45) is 0 Å². The van der Waals surface area contributed by atoms with Gasteiger partial charge in [0.15, 0.2) is 16.9 Å². The molecule has 2 aromatic carbocycles. The van der Waals surface area contributed by atoms with Gasteiger partial charge in [0.25, 0.3) is 0 Å². The molecule has 1 amide bonds. The third kappa shape index (κ3) is 4.10. The summed E-state index contributed by atoms with van der Waals surface area (Å²) >= 11 is 0. The van der Waals surface area contributed by atoms with Crippen molar-refractivity contribution in [3.63, 3.8) is 0 Å². The molecule has 0 unspecified atom stereocenters. The lowest BCUT2D eigenvalue weighted by Crippen LogP contribution is -2.27. The molecule has 0 aliphatic carbocycles. The predicted octanol–water partition coefficient (Wildman–Crippen LogP) is 3.46. The van der Waals surface area contributed by atoms with Gasteiger partial charge in [0.1, 0.15) is 11.3 Å². The monoisotopic (exact) mass is 444 g/mol. The van der Waals surface area contributed by atoms with Crippen LogP contribution in [0.3, 0.4) is 0 Å². The number of phenolic OH excluding ortho intramolecular Hbond substituents is 1. The molecule has 33 heavy (non-hydrogen) atoms. The Labute approximate surface area is 188 Å². The summed E-state index contributed by atoms with van der Waals surface area (Å²) in [4.78, 5) is 30.4. The highest BCUT2D eigenvalue weighted by Crippen LogP contribution is 2.42. The molecule has 0 radical (unpaired) electrons. The van der Waals surface area contributed by atoms with E-state index in [0.29, 0.717) is 33.7 Å². The first-order valence-electron chi connectivity index (χ1n) is 10.4. The van der Waals surface area contributed by atoms with Crippen LogP contribution in [0.25, 0.3) is 11.0 Å². The molecule has 3 heterocycles. The molecule has 1 atom stereocenters. The zero-order chi connectivity index (χ0) is 22.8. The minimum absolute atomic E-state index is 0.0333. The molecule has 1 aliphatic rings. The summed E-state index contributed by atoms with van der Waals surface area (Å²) in [7, 11) is 0. The van der Waals surface area contributed by atoms with Crippen molar-refractivity contribution in [1.82, 2.24) is 10.3 Å². The molecular formula is C25H20N2O6. The fourth-order valence-electron chi connectivity index (χ4n) is 3.90. The van der Waals surface area contributed by atoms with E-state index in [1.807, 2.05) is 6.07 Å². The number of hydrogen-bond donors (Lipinski definition) is 2. The Hall–Kier alpha value is -4.33. The van der Waals surface area contributed by atoms with Gasteiger partial charge in [0, 0.05) is 35.7 Å². The summed E-state index contributed by atoms with van der Waals surface area (Å²) in [5.74, 6) is -0.347. The number of aromatic nitrogens is 1. The normalized spacial score (nSPS) is 13.1. The summed E-state index contributed by atoms with van der Waals surface area (Å²) in [6.45, 7) is 0.275. The number of carbonyl (C=O) groups excluding carboxylic acids is 1. The van der Waals surface area contributed by atoms with E-state index in [4.69, 9.17) is 13.9 Å². The molecule has 5 rings (SSSR count). The van der Waals surface area contributed by atoms with E-state index in [2.05, 4.69) is 10.3 Å². The van der Waals surface area contributed by atoms with Crippen LogP contribution in [0.4, 0.5) is 0 Å². The van der Waals surface area contributed by atoms with Crippen LogP contribution in [0.15, 0.2) is 76.3 Å². The van der Waals surface area contributed by atoms with E-state index in [1.165, 1.54) is 12.3 Å². The van der Waals surface area contributed by atoms with Gasteiger partial charge in [0.2, 0.25) is 12.7 Å². The maximum atomic E-state index is 13.3. The number of hydrogen-bond acceptors (Lipinski definition) is 7. The lowest BCUT2D eigenvalue weighted by atomic mass is 9.87. The maximum Gasteiger partial charge on any atom is 0.231 e. The van der Waals surface area contributed by atoms with Crippen LogP contribution in [0, 0.1) is 0 Å². The first kappa shape index (κ1) is 20.6. The second kappa shape index (κ2) is 8.66. The molecule has 0 saturated carbocycles. The quantitative estimate of drug-likeness (QED) is 0.469. The second-order valence-corrected chi connectivity index (χ2v) is 7.64. The molecular weight excluding hydrogens is 424 g/mol. The van der Waals surface area contributed by atoms with E-state index in [1.54, 1.807) is 48.7 Å². The van der Waals surface area contributed by atoms with Crippen LogP contribution in [-0.2, 0) is 11.3 Å². The van der Waals surface area contributed by atoms with Gasteiger partial charge >= 0.3 is 0 Å². The second-order valence-electron chi connectivity index (χ2n) is 7.64. The molecule has 4 aromatic rings. The van der Waals surface area contributed by atoms with Crippen LogP contribution in [0.5, 0.6) is 17.2 Å². The number of nitrogens with zero attached hydrogens (tertiary/aromatic N) is 1. The van der Waals surface area contributed by atoms with Gasteiger partial charge in [-0.3, -0.25) is 14.6 Å². The molecule has 8 heteroatoms. The molecule has 1 aliphatic heterocycles. The molecule has 166 valence electrons. The summed E-state index contributed by atoms with van der Waals surface area (Å²) in [5.41, 5.74) is 1.51. The van der Waals surface area contributed by atoms with Crippen molar-refractivity contribution in [3.05, 3.63) is 94.1 Å². The fourth-order valence-corrected chi connectivity index (χ4v) is 3.90. The van der Waals surface area contributed by atoms with E-state index in [0.717, 1.165) is 0 Å². The Morgan fingerprint density at radius 2 is 1.85 bits per heavy atom. The van der Waals surface area contributed by atoms with Crippen LogP contribution in [-0.4, -0.2) is 22.8 Å². The lowest BCUT2D eigenvalue weighted by molar-refractivity contribution is -0.121. The van der Waals surface area contributed by atoms with E-state index in [-0.39, 0.29) is 42.4 Å². The Morgan fingerprint density at radius 1 is 1.06 bits per heavy atom. The number of amides is 1. The Kier molecular flexibility index (Phi) is 5.40. The summed E-state index contributed by atoms with van der Waals surface area (Å²) in [5, 5.41) is 13.9. The van der Waals surface area contributed by atoms with Gasteiger partial charge in [-0.05, 0) is 30.3 Å². The fraction of sp³-hybridized carbons (Fsp3) is 0.160. The molecule has 8 nitrogen and oxygen atoms in total. The number of rotatable bonds is 6. The first-order valence-corrected chi connectivity index (χ1v) is 10.4. The Bertz CT molecular complexity index is 1380. The van der Waals surface area contributed by atoms with Gasteiger partial charge in [-0.15, -0.1) is 0 Å². The highest BCUT2D eigenvalue weighted by atomic mass is 16.7. The lowest BCUT2D eigenvalue weighted by Gasteiger charge is -2.19. The molecule has 0 bridgehead atoms. The average molecular weight is 444 g/mol. The van der Waals surface area contributed by atoms with E-state index in [9.17, 15) is 14.7 Å². The van der Waals surface area contributed by atoms with Crippen LogP contribution < -0.4 is 20.2 Å². The molecule has 0 saturated heterocycles. The van der Waals surface area contributed by atoms with Gasteiger partial charge in [-0.2, -0.15) is 0 Å². The SMILES string of the molecule is O=C(C[C@@H](c1cc2c(cc1O)OCO2)c1coc2ccccc2c1=O)NCc1ccccn1. The van der Waals surface area contributed by atoms with Gasteiger partial charge < -0.3 is 24.3 Å². The third-order valence-electron chi connectivity index (χ3n) is 5.56. The van der Waals surface area contributed by atoms with Crippen molar-refractivity contribution in [2.75, 3.05) is 6.79 Å². The number of nitrogens with one attached hydrogen (secondary N) is 1. The number of fused-ring (bicyclic) bond motifs is 2. The smallest absolute Gasteiger partial charge is 0.231 e. The van der Waals surface area contributed by atoms with Crippen LogP contribution in [0.2, 0.25) is 0 Å². The minimum Gasteiger partial charge on any atom is -0.508 e. The summed E-state index contributed by atoms with van der Waals surface area (Å²) in [6.07, 6.45) is 2.91. The largest absolute Gasteiger partial charge is 0.508 e. The number of carbonyl (C=O) groups is 1. The van der Waals surface area contributed by atoms with Gasteiger partial charge in [0.05, 0.1) is 23.9 Å². The first-order chi connectivity index (χ1) is 16.1. The molecule has 2 N–H and O–H groups in total. The topological polar surface area (TPSA) is 111 Å². The maximum absolute atomic E-state index is 13.3. The van der Waals surface area contributed by atoms with Crippen LogP contribution in [0.1, 0.15) is 29.2 Å². The summed E-state index contributed by atoms with van der Waals surface area (Å²) in [6, 6.07) is 15.4. The standard InChI is InChI=1S/C25H20N2O6/c28-20-11-23-22(32-14-33-23)9-18(20)17(10-24(29)27-12-15-5-3-4-8-26-15)19-13-31-21-7-2-1-6-16(21)25(19)30/h1-9,11,13,17,28H,10,12,14H2,(H,27,29)/t17-/m0/s1. The Balaban J connectivity index is 1.52. The molecule has 2 aromatic heterocycles. The van der Waals surface area contributed by atoms with E-state index >= 15 is 0 Å². The van der Waals surface area contributed by atoms with Crippen molar-refractivity contribution in [1.29, 1.82) is 0 Å². The number of ether oxygens (including phenoxy) is 2. The predicted molar refractivity (Wildman–Crippen MR) is 119 cm³/mol. The third-order valence-corrected chi connectivity index (χ3v) is 5.56. The Morgan fingerprint density at radius 3 is 2.67 bits per heavy atom. The molecule has 0 spiro atoms. The van der Waals surface area contributed by atoms with Gasteiger partial charge in [-0.25, -0.2) is 0 Å². The number of para-hydroxylation sites is 1. The van der Waals surface area contributed by atoms with Crippen molar-refractivity contribution in [3.8, 4) is 17.2 Å². The van der Waals surface area contributed by atoms with Crippen molar-refractivity contribution < 1.29 is 23.8 Å². The minimum atomic E-state index is -0.774. The van der Waals surface area contributed by atoms with Crippen molar-refractivity contribution in [2.45, 2.75) is 18.9 Å². The van der Waals surface area contributed by atoms with Crippen molar-refractivity contribution >= 4 is 16.9 Å². The summed E-state index contributed by atoms with van der Waals surface area (Å²) < 4.78 is 16.5. The molecule has 0 fully saturated rings. The van der Waals surface area contributed by atoms with E-state index < -0.39 is 5.92 Å².